The highest BCUT2D eigenvalue weighted by Crippen LogP contribution is 2.34. The van der Waals surface area contributed by atoms with Gasteiger partial charge in [0.25, 0.3) is 0 Å². The Hall–Kier alpha value is -1.19. The molecule has 1 aliphatic heterocycles. The monoisotopic (exact) mass is 336 g/mol. The van der Waals surface area contributed by atoms with Gasteiger partial charge in [0.05, 0.1) is 16.4 Å². The molecule has 0 radical (unpaired) electrons. The van der Waals surface area contributed by atoms with Crippen LogP contribution in [0.15, 0.2) is 0 Å². The first-order chi connectivity index (χ1) is 10.3. The molecule has 0 atom stereocenters. The summed E-state index contributed by atoms with van der Waals surface area (Å²) < 4.78 is 38.7. The van der Waals surface area contributed by atoms with Crippen molar-refractivity contribution in [2.24, 2.45) is 0 Å². The second-order valence-electron chi connectivity index (χ2n) is 5.31. The van der Waals surface area contributed by atoms with Crippen LogP contribution in [-0.4, -0.2) is 60.5 Å². The average molecular weight is 336 g/mol. The number of aromatic nitrogens is 1. The Kier molecular flexibility index (Phi) is 5.41. The zero-order valence-corrected chi connectivity index (χ0v) is 13.4. The lowest BCUT2D eigenvalue weighted by Crippen LogP contribution is -2.49. The van der Waals surface area contributed by atoms with Crippen LogP contribution >= 0.6 is 11.3 Å². The number of likely N-dealkylation sites (N-methyl/N-ethyl adjacent to an activating group) is 1. The zero-order chi connectivity index (χ0) is 16.3. The number of nitrogens with one attached hydrogen (secondary N) is 1. The highest BCUT2D eigenvalue weighted by atomic mass is 32.1. The maximum atomic E-state index is 12.9. The molecule has 1 saturated heterocycles. The number of halogens is 3. The van der Waals surface area contributed by atoms with Gasteiger partial charge >= 0.3 is 6.18 Å². The fourth-order valence-electron chi connectivity index (χ4n) is 2.34. The van der Waals surface area contributed by atoms with Gasteiger partial charge in [-0.1, -0.05) is 0 Å². The fraction of sp³-hybridized carbons (Fsp3) is 0.692. The number of rotatable bonds is 4. The molecule has 1 aromatic rings. The van der Waals surface area contributed by atoms with E-state index in [0.717, 1.165) is 24.4 Å². The topological polar surface area (TPSA) is 48.5 Å². The van der Waals surface area contributed by atoms with Crippen LogP contribution < -0.4 is 5.32 Å². The van der Waals surface area contributed by atoms with Crippen molar-refractivity contribution < 1.29 is 18.0 Å². The summed E-state index contributed by atoms with van der Waals surface area (Å²) in [6, 6.07) is 0. The predicted octanol–water partition coefficient (Wildman–Crippen LogP) is 1.33. The van der Waals surface area contributed by atoms with E-state index >= 15 is 0 Å². The van der Waals surface area contributed by atoms with E-state index in [9.17, 15) is 18.0 Å². The summed E-state index contributed by atoms with van der Waals surface area (Å²) in [6.07, 6.45) is -4.45. The lowest BCUT2D eigenvalue weighted by atomic mass is 10.3. The number of carbonyl (C=O) groups excluding carboxylic acids is 1. The highest BCUT2D eigenvalue weighted by Gasteiger charge is 2.37. The van der Waals surface area contributed by atoms with Crippen molar-refractivity contribution in [3.05, 3.63) is 15.6 Å². The first kappa shape index (κ1) is 17.2. The van der Waals surface area contributed by atoms with E-state index in [1.165, 1.54) is 0 Å². The molecule has 0 unspecified atom stereocenters. The molecule has 0 spiro atoms. The molecule has 124 valence electrons. The number of hydrogen-bond acceptors (Lipinski definition) is 5. The number of thiazole rings is 1. The summed E-state index contributed by atoms with van der Waals surface area (Å²) in [6.45, 7) is 4.51. The van der Waals surface area contributed by atoms with Crippen LogP contribution in [0.2, 0.25) is 0 Å². The molecular weight excluding hydrogens is 317 g/mol. The molecule has 1 amide bonds. The van der Waals surface area contributed by atoms with Gasteiger partial charge in [0.2, 0.25) is 5.91 Å². The van der Waals surface area contributed by atoms with Gasteiger partial charge < -0.3 is 10.2 Å². The summed E-state index contributed by atoms with van der Waals surface area (Å²) in [5.74, 6) is -0.0567. The van der Waals surface area contributed by atoms with Crippen molar-refractivity contribution in [3.63, 3.8) is 0 Å². The maximum Gasteiger partial charge on any atom is 0.434 e. The third-order valence-electron chi connectivity index (χ3n) is 3.36. The molecule has 1 N–H and O–H groups in total. The van der Waals surface area contributed by atoms with Crippen LogP contribution in [0, 0.1) is 6.92 Å². The Bertz CT molecular complexity index is 526. The molecule has 0 aliphatic carbocycles. The van der Waals surface area contributed by atoms with Crippen molar-refractivity contribution >= 4 is 17.2 Å². The molecule has 2 heterocycles. The minimum Gasteiger partial charge on any atom is -0.339 e. The van der Waals surface area contributed by atoms with Crippen molar-refractivity contribution in [2.45, 2.75) is 19.6 Å². The number of carbonyl (C=O) groups is 1. The standard InChI is InChI=1S/C13H19F3N4OS/c1-9-18-12(13(14,15)16)10(22-9)7-19(2)8-11(21)20-5-3-17-4-6-20/h17H,3-8H2,1-2H3. The smallest absolute Gasteiger partial charge is 0.339 e. The Morgan fingerprint density at radius 1 is 1.41 bits per heavy atom. The molecule has 0 bridgehead atoms. The lowest BCUT2D eigenvalue weighted by molar-refractivity contribution is -0.141. The normalized spacial score (nSPS) is 16.4. The molecule has 5 nitrogen and oxygen atoms in total. The van der Waals surface area contributed by atoms with E-state index in [1.807, 2.05) is 0 Å². The van der Waals surface area contributed by atoms with E-state index in [0.29, 0.717) is 18.1 Å². The third-order valence-corrected chi connectivity index (χ3v) is 4.32. The molecule has 1 aromatic heterocycles. The van der Waals surface area contributed by atoms with Crippen molar-refractivity contribution in [1.29, 1.82) is 0 Å². The Morgan fingerprint density at radius 2 is 2.05 bits per heavy atom. The number of nitrogens with zero attached hydrogens (tertiary/aromatic N) is 3. The van der Waals surface area contributed by atoms with Gasteiger partial charge in [-0.25, -0.2) is 4.98 Å². The molecule has 2 rings (SSSR count). The van der Waals surface area contributed by atoms with Crippen LogP contribution in [0.1, 0.15) is 15.6 Å². The Labute approximate surface area is 131 Å². The van der Waals surface area contributed by atoms with Crippen LogP contribution in [0.4, 0.5) is 13.2 Å². The lowest BCUT2D eigenvalue weighted by Gasteiger charge is -2.29. The van der Waals surface area contributed by atoms with E-state index in [4.69, 9.17) is 0 Å². The van der Waals surface area contributed by atoms with Gasteiger partial charge in [-0.15, -0.1) is 11.3 Å². The van der Waals surface area contributed by atoms with Crippen molar-refractivity contribution in [1.82, 2.24) is 20.1 Å². The second kappa shape index (κ2) is 6.93. The van der Waals surface area contributed by atoms with Gasteiger partial charge in [0, 0.05) is 32.7 Å². The zero-order valence-electron chi connectivity index (χ0n) is 12.5. The Balaban J connectivity index is 1.97. The van der Waals surface area contributed by atoms with Gasteiger partial charge in [0.1, 0.15) is 0 Å². The van der Waals surface area contributed by atoms with E-state index in [1.54, 1.807) is 23.8 Å². The van der Waals surface area contributed by atoms with Crippen molar-refractivity contribution in [3.8, 4) is 0 Å². The largest absolute Gasteiger partial charge is 0.434 e. The molecule has 22 heavy (non-hydrogen) atoms. The van der Waals surface area contributed by atoms with Crippen molar-refractivity contribution in [2.75, 3.05) is 39.8 Å². The molecule has 1 aliphatic rings. The predicted molar refractivity (Wildman–Crippen MR) is 77.6 cm³/mol. The van der Waals surface area contributed by atoms with Gasteiger partial charge in [0.15, 0.2) is 5.69 Å². The van der Waals surface area contributed by atoms with Gasteiger partial charge in [-0.2, -0.15) is 13.2 Å². The first-order valence-corrected chi connectivity index (χ1v) is 7.79. The molecule has 0 aromatic carbocycles. The summed E-state index contributed by atoms with van der Waals surface area (Å²) in [7, 11) is 1.65. The van der Waals surface area contributed by atoms with E-state index in [-0.39, 0.29) is 23.9 Å². The maximum absolute atomic E-state index is 12.9. The quantitative estimate of drug-likeness (QED) is 0.901. The fourth-order valence-corrected chi connectivity index (χ4v) is 3.38. The summed E-state index contributed by atoms with van der Waals surface area (Å²) >= 11 is 1.02. The minimum absolute atomic E-state index is 0.0567. The third kappa shape index (κ3) is 4.40. The first-order valence-electron chi connectivity index (χ1n) is 6.98. The number of aryl methyl sites for hydroxylation is 1. The van der Waals surface area contributed by atoms with Gasteiger partial charge in [-0.3, -0.25) is 9.69 Å². The highest BCUT2D eigenvalue weighted by molar-refractivity contribution is 7.11. The number of alkyl halides is 3. The molecular formula is C13H19F3N4OS. The number of hydrogen-bond donors (Lipinski definition) is 1. The summed E-state index contributed by atoms with van der Waals surface area (Å²) in [4.78, 5) is 19.2. The Morgan fingerprint density at radius 3 is 2.64 bits per heavy atom. The molecule has 1 fully saturated rings. The molecule has 9 heteroatoms. The SMILES string of the molecule is Cc1nc(C(F)(F)F)c(CN(C)CC(=O)N2CCNCC2)s1. The van der Waals surface area contributed by atoms with E-state index < -0.39 is 11.9 Å². The summed E-state index contributed by atoms with van der Waals surface area (Å²) in [5, 5.41) is 3.53. The number of piperazine rings is 1. The van der Waals surface area contributed by atoms with Gasteiger partial charge in [-0.05, 0) is 14.0 Å². The van der Waals surface area contributed by atoms with Crippen LogP contribution in [0.5, 0.6) is 0 Å². The van der Waals surface area contributed by atoms with Crippen LogP contribution in [0.3, 0.4) is 0 Å². The summed E-state index contributed by atoms with van der Waals surface area (Å²) in [5.41, 5.74) is -0.837. The molecule has 0 saturated carbocycles. The van der Waals surface area contributed by atoms with Crippen LogP contribution in [0.25, 0.3) is 0 Å². The van der Waals surface area contributed by atoms with Crippen LogP contribution in [-0.2, 0) is 17.5 Å². The number of amides is 1. The van der Waals surface area contributed by atoms with E-state index in [2.05, 4.69) is 10.3 Å². The average Bonchev–Trinajstić information content (AvgIpc) is 2.80. The minimum atomic E-state index is -4.45. The second-order valence-corrected chi connectivity index (χ2v) is 6.59.